The molecule has 0 atom stereocenters. The predicted octanol–water partition coefficient (Wildman–Crippen LogP) is 6.38. The zero-order valence-corrected chi connectivity index (χ0v) is 21.3. The Morgan fingerprint density at radius 2 is 1.53 bits per heavy atom. The molecular formula is C29H38O2Si. The summed E-state index contributed by atoms with van der Waals surface area (Å²) in [4.78, 5) is 10.4. The van der Waals surface area contributed by atoms with Gasteiger partial charge in [0.2, 0.25) is 0 Å². The summed E-state index contributed by atoms with van der Waals surface area (Å²) in [6.45, 7) is 11.8. The van der Waals surface area contributed by atoms with Gasteiger partial charge in [-0.2, -0.15) is 0 Å². The first-order valence-electron chi connectivity index (χ1n) is 11.5. The number of benzene rings is 2. The van der Waals surface area contributed by atoms with Crippen molar-refractivity contribution >= 4 is 25.0 Å². The number of unbranched alkanes of at least 4 members (excludes halogenated alkanes) is 1. The molecule has 0 heterocycles. The predicted molar refractivity (Wildman–Crippen MR) is 140 cm³/mol. The fraction of sp³-hybridized carbons (Fsp3) is 0.345. The van der Waals surface area contributed by atoms with Gasteiger partial charge in [0.15, 0.2) is 0 Å². The van der Waals surface area contributed by atoms with Crippen molar-refractivity contribution < 1.29 is 9.22 Å². The van der Waals surface area contributed by atoms with Crippen molar-refractivity contribution in [1.29, 1.82) is 0 Å². The van der Waals surface area contributed by atoms with E-state index in [0.29, 0.717) is 6.61 Å². The highest BCUT2D eigenvalue weighted by Gasteiger charge is 2.50. The summed E-state index contributed by atoms with van der Waals surface area (Å²) in [5.41, 5.74) is 2.54. The van der Waals surface area contributed by atoms with Crippen LogP contribution >= 0.6 is 0 Å². The Morgan fingerprint density at radius 1 is 0.969 bits per heavy atom. The average Bonchev–Trinajstić information content (AvgIpc) is 2.79. The maximum absolute atomic E-state index is 10.4. The second kappa shape index (κ2) is 12.5. The highest BCUT2D eigenvalue weighted by Crippen LogP contribution is 2.37. The van der Waals surface area contributed by atoms with Crippen LogP contribution in [0.5, 0.6) is 0 Å². The fourth-order valence-corrected chi connectivity index (χ4v) is 8.74. The average molecular weight is 447 g/mol. The molecule has 0 saturated heterocycles. The normalized spacial score (nSPS) is 13.5. The first-order valence-corrected chi connectivity index (χ1v) is 13.4. The molecule has 2 rings (SSSR count). The van der Waals surface area contributed by atoms with Crippen molar-refractivity contribution in [3.05, 3.63) is 96.1 Å². The van der Waals surface area contributed by atoms with Gasteiger partial charge in [-0.25, -0.2) is 0 Å². The fourth-order valence-electron chi connectivity index (χ4n) is 4.20. The minimum absolute atomic E-state index is 0.0295. The Bertz CT molecular complexity index is 879. The van der Waals surface area contributed by atoms with E-state index in [1.54, 1.807) is 6.08 Å². The van der Waals surface area contributed by atoms with Crippen LogP contribution in [0.4, 0.5) is 0 Å². The van der Waals surface area contributed by atoms with Gasteiger partial charge in [-0.1, -0.05) is 105 Å². The number of aldehydes is 1. The number of allylic oxidation sites excluding steroid dienone is 4. The van der Waals surface area contributed by atoms with Crippen LogP contribution in [0.15, 0.2) is 96.1 Å². The summed E-state index contributed by atoms with van der Waals surface area (Å²) < 4.78 is 7.05. The lowest BCUT2D eigenvalue weighted by molar-refractivity contribution is -0.104. The van der Waals surface area contributed by atoms with E-state index >= 15 is 0 Å². The summed E-state index contributed by atoms with van der Waals surface area (Å²) in [6, 6.07) is 21.5. The summed E-state index contributed by atoms with van der Waals surface area (Å²) in [5, 5.41) is 2.58. The summed E-state index contributed by atoms with van der Waals surface area (Å²) >= 11 is 0. The Kier molecular flexibility index (Phi) is 10.1. The highest BCUT2D eigenvalue weighted by molar-refractivity contribution is 6.99. The lowest BCUT2D eigenvalue weighted by Crippen LogP contribution is -2.66. The minimum Gasteiger partial charge on any atom is -0.403 e. The van der Waals surface area contributed by atoms with Gasteiger partial charge in [-0.3, -0.25) is 4.79 Å². The summed E-state index contributed by atoms with van der Waals surface area (Å²) in [5.74, 6) is 0. The number of carbonyl (C=O) groups excluding carboxylic acids is 1. The molecule has 32 heavy (non-hydrogen) atoms. The van der Waals surface area contributed by atoms with Crippen LogP contribution in [-0.4, -0.2) is 21.2 Å². The van der Waals surface area contributed by atoms with Crippen LogP contribution in [0.1, 0.15) is 53.9 Å². The maximum Gasteiger partial charge on any atom is 0.261 e. The second-order valence-corrected chi connectivity index (χ2v) is 13.6. The molecule has 0 unspecified atom stereocenters. The van der Waals surface area contributed by atoms with Gasteiger partial charge < -0.3 is 4.43 Å². The van der Waals surface area contributed by atoms with Crippen LogP contribution < -0.4 is 10.4 Å². The molecule has 0 aromatic heterocycles. The van der Waals surface area contributed by atoms with E-state index in [4.69, 9.17) is 4.43 Å². The van der Waals surface area contributed by atoms with E-state index < -0.39 is 8.32 Å². The third kappa shape index (κ3) is 6.75. The van der Waals surface area contributed by atoms with Gasteiger partial charge in [0.1, 0.15) is 6.29 Å². The Morgan fingerprint density at radius 3 is 2.00 bits per heavy atom. The van der Waals surface area contributed by atoms with E-state index in [1.165, 1.54) is 21.5 Å². The van der Waals surface area contributed by atoms with Crippen LogP contribution in [0.3, 0.4) is 0 Å². The summed E-state index contributed by atoms with van der Waals surface area (Å²) in [7, 11) is -2.53. The first kappa shape index (κ1) is 25.8. The molecule has 0 amide bonds. The van der Waals surface area contributed by atoms with E-state index in [-0.39, 0.29) is 5.04 Å². The molecule has 0 saturated carbocycles. The molecule has 0 fully saturated rings. The standard InChI is InChI=1S/C29H38O2Si/c1-6-26(23-25(2)17-11-7-8-16-22-30)24-31-32(29(3,4)5,27-18-12-9-13-19-27)28-20-14-10-15-21-28/h6,8-10,12-16,18-23H,7,11,17,24H2,1-5H3/b16-8+,25-23-,26-6-. The zero-order valence-electron chi connectivity index (χ0n) is 20.3. The molecule has 0 aliphatic carbocycles. The molecule has 2 aromatic rings. The van der Waals surface area contributed by atoms with Gasteiger partial charge in [0, 0.05) is 0 Å². The van der Waals surface area contributed by atoms with E-state index in [2.05, 4.69) is 107 Å². The maximum atomic E-state index is 10.4. The second-order valence-electron chi connectivity index (χ2n) is 9.26. The zero-order chi connectivity index (χ0) is 23.5. The lowest BCUT2D eigenvalue weighted by Gasteiger charge is -2.43. The molecule has 2 nitrogen and oxygen atoms in total. The molecule has 0 radical (unpaired) electrons. The SMILES string of the molecule is C/C=C(/C=C(/C)CCC/C=C/C=O)CO[Si](c1ccccc1)(c1ccccc1)C(C)(C)C. The van der Waals surface area contributed by atoms with Crippen LogP contribution in [0.25, 0.3) is 0 Å². The van der Waals surface area contributed by atoms with Crippen LogP contribution in [-0.2, 0) is 9.22 Å². The molecule has 0 aliphatic rings. The van der Waals surface area contributed by atoms with Crippen LogP contribution in [0, 0.1) is 0 Å². The van der Waals surface area contributed by atoms with Crippen molar-refractivity contribution in [2.24, 2.45) is 0 Å². The number of hydrogen-bond donors (Lipinski definition) is 0. The molecule has 2 aromatic carbocycles. The number of hydrogen-bond acceptors (Lipinski definition) is 2. The monoisotopic (exact) mass is 446 g/mol. The molecule has 170 valence electrons. The summed E-state index contributed by atoms with van der Waals surface area (Å²) in [6.07, 6.45) is 11.8. The van der Waals surface area contributed by atoms with Crippen LogP contribution in [0.2, 0.25) is 5.04 Å². The molecule has 0 aliphatic heterocycles. The van der Waals surface area contributed by atoms with E-state index in [0.717, 1.165) is 25.5 Å². The Hall–Kier alpha value is -2.49. The van der Waals surface area contributed by atoms with Gasteiger partial charge >= 0.3 is 0 Å². The highest BCUT2D eigenvalue weighted by atomic mass is 28.4. The quantitative estimate of drug-likeness (QED) is 0.132. The number of carbonyl (C=O) groups is 1. The lowest BCUT2D eigenvalue weighted by atomic mass is 10.1. The van der Waals surface area contributed by atoms with Crippen molar-refractivity contribution in [1.82, 2.24) is 0 Å². The number of rotatable bonds is 11. The van der Waals surface area contributed by atoms with Crippen molar-refractivity contribution in [3.8, 4) is 0 Å². The van der Waals surface area contributed by atoms with E-state index in [1.807, 2.05) is 6.08 Å². The van der Waals surface area contributed by atoms with Crippen molar-refractivity contribution in [3.63, 3.8) is 0 Å². The van der Waals surface area contributed by atoms with Crippen molar-refractivity contribution in [2.75, 3.05) is 6.61 Å². The Balaban J connectivity index is 2.31. The topological polar surface area (TPSA) is 26.3 Å². The van der Waals surface area contributed by atoms with Gasteiger partial charge in [-0.05, 0) is 60.2 Å². The Labute approximate surface area is 195 Å². The van der Waals surface area contributed by atoms with Gasteiger partial charge in [0.05, 0.1) is 6.61 Å². The van der Waals surface area contributed by atoms with Crippen molar-refractivity contribution in [2.45, 2.75) is 58.9 Å². The third-order valence-corrected chi connectivity index (χ3v) is 10.8. The third-order valence-electron chi connectivity index (χ3n) is 5.83. The molecule has 0 spiro atoms. The molecule has 0 bridgehead atoms. The molecule has 3 heteroatoms. The molecule has 0 N–H and O–H groups in total. The van der Waals surface area contributed by atoms with E-state index in [9.17, 15) is 4.79 Å². The van der Waals surface area contributed by atoms with Gasteiger partial charge in [0.25, 0.3) is 8.32 Å². The molecular weight excluding hydrogens is 408 g/mol. The smallest absolute Gasteiger partial charge is 0.261 e. The minimum atomic E-state index is -2.53. The van der Waals surface area contributed by atoms with Gasteiger partial charge in [-0.15, -0.1) is 0 Å². The first-order chi connectivity index (χ1) is 15.3. The largest absolute Gasteiger partial charge is 0.403 e.